The number of nitrogens with zero attached hydrogens (tertiary/aromatic N) is 6. The van der Waals surface area contributed by atoms with Crippen LogP contribution in [0.2, 0.25) is 0 Å². The average molecular weight is 553 g/mol. The Hall–Kier alpha value is -4.06. The van der Waals surface area contributed by atoms with E-state index in [1.54, 1.807) is 18.6 Å². The Morgan fingerprint density at radius 3 is 2.80 bits per heavy atom. The number of ether oxygens (including phenoxy) is 3. The molecule has 2 aliphatic rings. The van der Waals surface area contributed by atoms with Crippen LogP contribution in [0.4, 0.5) is 8.78 Å². The molecular formula is C28H30F2N6O4. The fraction of sp³-hybridized carbons (Fsp3) is 0.429. The summed E-state index contributed by atoms with van der Waals surface area (Å²) < 4.78 is 46.6. The van der Waals surface area contributed by atoms with Crippen LogP contribution in [0.25, 0.3) is 16.9 Å². The first-order valence-electron chi connectivity index (χ1n) is 13.4. The van der Waals surface area contributed by atoms with E-state index in [2.05, 4.69) is 20.0 Å². The Balaban J connectivity index is 1.16. The number of aromatic nitrogens is 5. The SMILES string of the molecule is COc1cc(-c2cnc3cc(OCCCN4CCn5ncnc5C4)ccn23)cc(OC(F)F)c1C(=O)CC1CC1. The van der Waals surface area contributed by atoms with E-state index in [9.17, 15) is 13.6 Å². The second-order valence-electron chi connectivity index (χ2n) is 10.1. The number of carbonyl (C=O) groups is 1. The molecular weight excluding hydrogens is 522 g/mol. The molecule has 0 bridgehead atoms. The number of pyridine rings is 1. The van der Waals surface area contributed by atoms with E-state index in [4.69, 9.17) is 14.2 Å². The predicted octanol–water partition coefficient (Wildman–Crippen LogP) is 4.47. The summed E-state index contributed by atoms with van der Waals surface area (Å²) in [6.07, 6.45) is 8.13. The van der Waals surface area contributed by atoms with E-state index in [0.717, 1.165) is 51.3 Å². The normalized spacial score (nSPS) is 15.4. The zero-order valence-corrected chi connectivity index (χ0v) is 22.1. The third kappa shape index (κ3) is 5.62. The van der Waals surface area contributed by atoms with Crippen molar-refractivity contribution in [2.45, 2.75) is 45.4 Å². The van der Waals surface area contributed by atoms with E-state index < -0.39 is 6.61 Å². The number of ketones is 1. The van der Waals surface area contributed by atoms with Crippen molar-refractivity contribution in [2.24, 2.45) is 5.92 Å². The van der Waals surface area contributed by atoms with Gasteiger partial charge in [-0.2, -0.15) is 13.9 Å². The second-order valence-corrected chi connectivity index (χ2v) is 10.1. The fourth-order valence-electron chi connectivity index (χ4n) is 5.10. The van der Waals surface area contributed by atoms with Gasteiger partial charge in [0.25, 0.3) is 0 Å². The van der Waals surface area contributed by atoms with Crippen molar-refractivity contribution in [1.82, 2.24) is 29.0 Å². The smallest absolute Gasteiger partial charge is 0.387 e. The molecule has 12 heteroatoms. The molecule has 1 fully saturated rings. The zero-order valence-electron chi connectivity index (χ0n) is 22.1. The minimum atomic E-state index is -3.08. The number of hydrogen-bond donors (Lipinski definition) is 0. The number of Topliss-reactive ketones (excluding diaryl/α,β-unsaturated/α-hetero) is 1. The number of fused-ring (bicyclic) bond motifs is 2. The van der Waals surface area contributed by atoms with E-state index in [0.29, 0.717) is 35.2 Å². The minimum Gasteiger partial charge on any atom is -0.496 e. The van der Waals surface area contributed by atoms with Crippen LogP contribution in [0.15, 0.2) is 43.0 Å². The van der Waals surface area contributed by atoms with Gasteiger partial charge in [-0.25, -0.2) is 14.6 Å². The summed E-state index contributed by atoms with van der Waals surface area (Å²) in [5, 5.41) is 4.21. The van der Waals surface area contributed by atoms with Crippen LogP contribution in [-0.2, 0) is 13.1 Å². The zero-order chi connectivity index (χ0) is 27.6. The molecule has 0 radical (unpaired) electrons. The molecule has 6 rings (SSSR count). The molecule has 1 aliphatic heterocycles. The van der Waals surface area contributed by atoms with Crippen molar-refractivity contribution in [3.8, 4) is 28.5 Å². The Morgan fingerprint density at radius 2 is 2.00 bits per heavy atom. The first kappa shape index (κ1) is 26.2. The maximum atomic E-state index is 13.3. The summed E-state index contributed by atoms with van der Waals surface area (Å²) in [7, 11) is 1.41. The lowest BCUT2D eigenvalue weighted by atomic mass is 10.00. The molecule has 0 spiro atoms. The van der Waals surface area contributed by atoms with Gasteiger partial charge in [-0.15, -0.1) is 0 Å². The van der Waals surface area contributed by atoms with Crippen LogP contribution in [0.5, 0.6) is 17.2 Å². The molecule has 0 unspecified atom stereocenters. The standard InChI is InChI=1S/C28H30F2N6O4/c1-38-23-12-19(13-24(40-28(29)30)27(23)22(37)11-18-3-4-18)21-15-31-25-14-20(5-7-35(21)25)39-10-2-6-34-8-9-36-26(16-34)32-17-33-36/h5,7,12-15,17-18,28H,2-4,6,8-11,16H2,1H3. The summed E-state index contributed by atoms with van der Waals surface area (Å²) in [4.78, 5) is 24.0. The molecule has 1 aromatic carbocycles. The number of halogens is 2. The van der Waals surface area contributed by atoms with Crippen LogP contribution in [0.1, 0.15) is 41.9 Å². The van der Waals surface area contributed by atoms with Gasteiger partial charge in [-0.3, -0.25) is 14.1 Å². The van der Waals surface area contributed by atoms with Crippen molar-refractivity contribution < 1.29 is 27.8 Å². The van der Waals surface area contributed by atoms with Gasteiger partial charge in [0, 0.05) is 37.3 Å². The summed E-state index contributed by atoms with van der Waals surface area (Å²) in [5.74, 6) is 1.70. The Labute approximate surface area is 229 Å². The van der Waals surface area contributed by atoms with Crippen molar-refractivity contribution >= 4 is 11.4 Å². The van der Waals surface area contributed by atoms with E-state index in [1.807, 2.05) is 27.4 Å². The van der Waals surface area contributed by atoms with E-state index >= 15 is 0 Å². The van der Waals surface area contributed by atoms with Crippen molar-refractivity contribution in [3.05, 3.63) is 54.4 Å². The quantitative estimate of drug-likeness (QED) is 0.188. The number of alkyl halides is 2. The van der Waals surface area contributed by atoms with Gasteiger partial charge in [0.1, 0.15) is 40.6 Å². The van der Waals surface area contributed by atoms with Crippen LogP contribution < -0.4 is 14.2 Å². The third-order valence-electron chi connectivity index (χ3n) is 7.31. The summed E-state index contributed by atoms with van der Waals surface area (Å²) >= 11 is 0. The molecule has 1 saturated carbocycles. The highest BCUT2D eigenvalue weighted by Crippen LogP contribution is 2.40. The molecule has 0 saturated heterocycles. The van der Waals surface area contributed by atoms with Crippen LogP contribution in [0.3, 0.4) is 0 Å². The number of hydrogen-bond acceptors (Lipinski definition) is 8. The van der Waals surface area contributed by atoms with Gasteiger partial charge in [-0.05, 0) is 43.4 Å². The number of imidazole rings is 1. The lowest BCUT2D eigenvalue weighted by Gasteiger charge is -2.26. The highest BCUT2D eigenvalue weighted by atomic mass is 19.3. The van der Waals surface area contributed by atoms with Gasteiger partial charge in [0.05, 0.1) is 38.7 Å². The summed E-state index contributed by atoms with van der Waals surface area (Å²) in [6, 6.07) is 6.78. The van der Waals surface area contributed by atoms with Crippen molar-refractivity contribution in [1.29, 1.82) is 0 Å². The molecule has 3 aromatic heterocycles. The molecule has 0 amide bonds. The molecule has 40 heavy (non-hydrogen) atoms. The van der Waals surface area contributed by atoms with Gasteiger partial charge in [-0.1, -0.05) is 0 Å². The summed E-state index contributed by atoms with van der Waals surface area (Å²) in [6.45, 7) is 0.929. The van der Waals surface area contributed by atoms with Crippen LogP contribution >= 0.6 is 0 Å². The molecule has 1 aliphatic carbocycles. The molecule has 210 valence electrons. The van der Waals surface area contributed by atoms with E-state index in [-0.39, 0.29) is 29.3 Å². The van der Waals surface area contributed by atoms with Crippen molar-refractivity contribution in [2.75, 3.05) is 26.8 Å². The number of methoxy groups -OCH3 is 1. The molecule has 0 atom stereocenters. The maximum absolute atomic E-state index is 13.3. The van der Waals surface area contributed by atoms with Crippen LogP contribution in [-0.4, -0.2) is 68.2 Å². The maximum Gasteiger partial charge on any atom is 0.387 e. The van der Waals surface area contributed by atoms with Crippen LogP contribution in [0, 0.1) is 5.92 Å². The first-order chi connectivity index (χ1) is 19.5. The number of rotatable bonds is 12. The summed E-state index contributed by atoms with van der Waals surface area (Å²) in [5.41, 5.74) is 1.86. The van der Waals surface area contributed by atoms with Gasteiger partial charge >= 0.3 is 6.61 Å². The lowest BCUT2D eigenvalue weighted by Crippen LogP contribution is -2.35. The Kier molecular flexibility index (Phi) is 7.33. The molecule has 4 heterocycles. The number of carbonyl (C=O) groups excluding carboxylic acids is 1. The molecule has 0 N–H and O–H groups in total. The topological polar surface area (TPSA) is 96.0 Å². The predicted molar refractivity (Wildman–Crippen MR) is 141 cm³/mol. The second kappa shape index (κ2) is 11.2. The highest BCUT2D eigenvalue weighted by molar-refractivity contribution is 6.02. The number of benzene rings is 1. The minimum absolute atomic E-state index is 0.0504. The molecule has 4 aromatic rings. The monoisotopic (exact) mass is 552 g/mol. The lowest BCUT2D eigenvalue weighted by molar-refractivity contribution is -0.0502. The molecule has 10 nitrogen and oxygen atoms in total. The van der Waals surface area contributed by atoms with Gasteiger partial charge in [0.15, 0.2) is 5.78 Å². The Bertz CT molecular complexity index is 1520. The average Bonchev–Trinajstić information content (AvgIpc) is 3.46. The fourth-order valence-corrected chi connectivity index (χ4v) is 5.10. The van der Waals surface area contributed by atoms with Gasteiger partial charge < -0.3 is 14.2 Å². The Morgan fingerprint density at radius 1 is 1.15 bits per heavy atom. The first-order valence-corrected chi connectivity index (χ1v) is 13.4. The third-order valence-corrected chi connectivity index (χ3v) is 7.31. The largest absolute Gasteiger partial charge is 0.496 e. The van der Waals surface area contributed by atoms with E-state index in [1.165, 1.54) is 13.2 Å². The van der Waals surface area contributed by atoms with Gasteiger partial charge in [0.2, 0.25) is 0 Å². The highest BCUT2D eigenvalue weighted by Gasteiger charge is 2.30. The van der Waals surface area contributed by atoms with Crippen molar-refractivity contribution in [3.63, 3.8) is 0 Å².